The molecule has 0 spiro atoms. The number of esters is 1. The first-order valence-electron chi connectivity index (χ1n) is 11.1. The minimum atomic E-state index is -4.17. The normalized spacial score (nSPS) is 17.9. The molecule has 37 heavy (non-hydrogen) atoms. The molecule has 192 valence electrons. The summed E-state index contributed by atoms with van der Waals surface area (Å²) in [6.45, 7) is 1.50. The van der Waals surface area contributed by atoms with Crippen LogP contribution < -0.4 is 4.90 Å². The third kappa shape index (κ3) is 4.28. The van der Waals surface area contributed by atoms with Crippen molar-refractivity contribution in [1.29, 1.82) is 0 Å². The van der Waals surface area contributed by atoms with Gasteiger partial charge in [-0.3, -0.25) is 0 Å². The summed E-state index contributed by atoms with van der Waals surface area (Å²) < 4.78 is 75.7. The molecule has 1 aromatic carbocycles. The molecule has 1 saturated heterocycles. The number of nitrogens with zero attached hydrogens (tertiary/aromatic N) is 5. The van der Waals surface area contributed by atoms with Gasteiger partial charge in [-0.1, -0.05) is 17.7 Å². The number of halogens is 3. The van der Waals surface area contributed by atoms with E-state index < -0.39 is 39.8 Å². The van der Waals surface area contributed by atoms with Crippen molar-refractivity contribution in [2.75, 3.05) is 18.6 Å². The van der Waals surface area contributed by atoms with Gasteiger partial charge in [0, 0.05) is 23.6 Å². The van der Waals surface area contributed by atoms with Crippen molar-refractivity contribution in [3.8, 4) is 11.4 Å². The highest BCUT2D eigenvalue weighted by molar-refractivity contribution is 7.90. The van der Waals surface area contributed by atoms with Gasteiger partial charge in [-0.25, -0.2) is 45.3 Å². The fourth-order valence-corrected chi connectivity index (χ4v) is 5.63. The van der Waals surface area contributed by atoms with E-state index in [-0.39, 0.29) is 46.1 Å². The zero-order valence-corrected chi connectivity index (χ0v) is 20.4. The van der Waals surface area contributed by atoms with Crippen LogP contribution in [0.1, 0.15) is 12.0 Å². The van der Waals surface area contributed by atoms with Gasteiger partial charge >= 0.3 is 5.97 Å². The highest BCUT2D eigenvalue weighted by Crippen LogP contribution is 2.34. The largest absolute Gasteiger partial charge is 0.467 e. The van der Waals surface area contributed by atoms with Crippen LogP contribution in [0.25, 0.3) is 22.4 Å². The molecule has 0 N–H and O–H groups in total. The Morgan fingerprint density at radius 3 is 2.57 bits per heavy atom. The molecule has 9 nitrogen and oxygen atoms in total. The second kappa shape index (κ2) is 9.14. The monoisotopic (exact) mass is 531 g/mol. The molecule has 1 aliphatic rings. The number of alkyl halides is 1. The minimum absolute atomic E-state index is 0.0274. The maximum Gasteiger partial charge on any atom is 0.328 e. The number of pyridine rings is 1. The van der Waals surface area contributed by atoms with Crippen LogP contribution in [0.4, 0.5) is 19.0 Å². The number of hydrogen-bond donors (Lipinski definition) is 0. The van der Waals surface area contributed by atoms with E-state index in [4.69, 9.17) is 4.74 Å². The number of carbonyl (C=O) groups excluding carboxylic acids is 1. The third-order valence-electron chi connectivity index (χ3n) is 6.12. The summed E-state index contributed by atoms with van der Waals surface area (Å²) >= 11 is 0. The molecule has 4 aromatic rings. The number of hydrogen-bond acceptors (Lipinski definition) is 8. The summed E-state index contributed by atoms with van der Waals surface area (Å²) in [6.07, 6.45) is 1.22. The summed E-state index contributed by atoms with van der Waals surface area (Å²) in [7, 11) is -3.03. The van der Waals surface area contributed by atoms with Crippen molar-refractivity contribution in [2.45, 2.75) is 30.5 Å². The number of aryl methyl sites for hydroxylation is 1. The zero-order valence-electron chi connectivity index (χ0n) is 19.6. The quantitative estimate of drug-likeness (QED) is 0.361. The van der Waals surface area contributed by atoms with Crippen molar-refractivity contribution >= 4 is 32.8 Å². The van der Waals surface area contributed by atoms with Crippen molar-refractivity contribution in [1.82, 2.24) is 18.9 Å². The highest BCUT2D eigenvalue weighted by Gasteiger charge is 2.40. The lowest BCUT2D eigenvalue weighted by Gasteiger charge is -2.23. The van der Waals surface area contributed by atoms with Crippen molar-refractivity contribution in [2.24, 2.45) is 0 Å². The molecule has 1 aliphatic heterocycles. The van der Waals surface area contributed by atoms with E-state index in [9.17, 15) is 26.4 Å². The Balaban J connectivity index is 1.67. The van der Waals surface area contributed by atoms with Crippen LogP contribution in [0.5, 0.6) is 0 Å². The SMILES string of the molecule is COC(=O)[C@H]1C[C@@H](F)CN1c1nc(-c2cn(S(=O)(=O)c3ccc(C)cc3)c3ncc(F)cc23)ncc1F. The van der Waals surface area contributed by atoms with E-state index in [0.717, 1.165) is 40.0 Å². The first-order chi connectivity index (χ1) is 17.6. The summed E-state index contributed by atoms with van der Waals surface area (Å²) in [5.74, 6) is -2.96. The van der Waals surface area contributed by atoms with Gasteiger partial charge in [0.15, 0.2) is 23.1 Å². The van der Waals surface area contributed by atoms with Gasteiger partial charge in [-0.15, -0.1) is 0 Å². The van der Waals surface area contributed by atoms with Gasteiger partial charge in [0.2, 0.25) is 0 Å². The van der Waals surface area contributed by atoms with Gasteiger partial charge in [-0.05, 0) is 25.1 Å². The number of carbonyl (C=O) groups is 1. The molecule has 0 saturated carbocycles. The van der Waals surface area contributed by atoms with E-state index in [1.165, 1.54) is 18.3 Å². The Morgan fingerprint density at radius 1 is 1.14 bits per heavy atom. The average Bonchev–Trinajstić information content (AvgIpc) is 3.45. The maximum atomic E-state index is 14.8. The molecule has 1 fully saturated rings. The summed E-state index contributed by atoms with van der Waals surface area (Å²) in [4.78, 5) is 25.4. The van der Waals surface area contributed by atoms with E-state index in [2.05, 4.69) is 15.0 Å². The zero-order chi connectivity index (χ0) is 26.5. The summed E-state index contributed by atoms with van der Waals surface area (Å²) in [5, 5.41) is 0.0579. The second-order valence-corrected chi connectivity index (χ2v) is 10.4. The molecule has 5 rings (SSSR count). The first kappa shape index (κ1) is 24.7. The number of aromatic nitrogens is 4. The molecule has 0 bridgehead atoms. The number of methoxy groups -OCH3 is 1. The summed E-state index contributed by atoms with van der Waals surface area (Å²) in [6, 6.07) is 6.08. The van der Waals surface area contributed by atoms with E-state index in [0.29, 0.717) is 0 Å². The van der Waals surface area contributed by atoms with Crippen molar-refractivity contribution < 1.29 is 31.1 Å². The second-order valence-electron chi connectivity index (χ2n) is 8.57. The molecule has 13 heteroatoms. The van der Waals surface area contributed by atoms with Crippen LogP contribution in [0.3, 0.4) is 0 Å². The van der Waals surface area contributed by atoms with Gasteiger partial charge in [-0.2, -0.15) is 0 Å². The van der Waals surface area contributed by atoms with E-state index in [1.807, 2.05) is 6.92 Å². The van der Waals surface area contributed by atoms with Gasteiger partial charge in [0.05, 0.1) is 30.9 Å². The number of fused-ring (bicyclic) bond motifs is 1. The molecule has 0 aliphatic carbocycles. The summed E-state index contributed by atoms with van der Waals surface area (Å²) in [5.41, 5.74) is 0.806. The van der Waals surface area contributed by atoms with Gasteiger partial charge in [0.25, 0.3) is 10.0 Å². The molecule has 3 aromatic heterocycles. The molecule has 2 atom stereocenters. The first-order valence-corrected chi connectivity index (χ1v) is 12.5. The lowest BCUT2D eigenvalue weighted by atomic mass is 10.2. The lowest BCUT2D eigenvalue weighted by Crippen LogP contribution is -2.38. The molecule has 0 unspecified atom stereocenters. The fourth-order valence-electron chi connectivity index (χ4n) is 4.31. The van der Waals surface area contributed by atoms with Gasteiger partial charge in [0.1, 0.15) is 18.0 Å². The van der Waals surface area contributed by atoms with Crippen LogP contribution in [0.15, 0.2) is 53.8 Å². The van der Waals surface area contributed by atoms with Crippen LogP contribution >= 0.6 is 0 Å². The highest BCUT2D eigenvalue weighted by atomic mass is 32.2. The predicted molar refractivity (Wildman–Crippen MR) is 127 cm³/mol. The molecular weight excluding hydrogens is 511 g/mol. The van der Waals surface area contributed by atoms with E-state index >= 15 is 0 Å². The maximum absolute atomic E-state index is 14.8. The average molecular weight is 532 g/mol. The van der Waals surface area contributed by atoms with Crippen LogP contribution in [0, 0.1) is 18.6 Å². The number of benzene rings is 1. The molecule has 0 amide bonds. The minimum Gasteiger partial charge on any atom is -0.467 e. The Hall–Kier alpha value is -4.00. The van der Waals surface area contributed by atoms with Crippen molar-refractivity contribution in [3.05, 3.63) is 66.1 Å². The fraction of sp³-hybridized carbons (Fsp3) is 0.250. The number of rotatable bonds is 5. The standard InChI is InChI=1S/C24H20F3N5O4S/c1-13-3-5-16(6-4-13)37(34,35)32-12-18(17-7-14(25)9-29-22(17)32)21-28-10-19(27)23(30-21)31-11-15(26)8-20(31)24(33)36-2/h3-7,9-10,12,15,20H,8,11H2,1-2H3/t15-,20-/m1/s1. The predicted octanol–water partition coefficient (Wildman–Crippen LogP) is 3.41. The Kier molecular flexibility index (Phi) is 6.10. The smallest absolute Gasteiger partial charge is 0.328 e. The molecule has 0 radical (unpaired) electrons. The van der Waals surface area contributed by atoms with Crippen molar-refractivity contribution in [3.63, 3.8) is 0 Å². The van der Waals surface area contributed by atoms with Crippen LogP contribution in [-0.4, -0.2) is 59.2 Å². The molecule has 4 heterocycles. The molecular formula is C24H20F3N5O4S. The Bertz CT molecular complexity index is 1630. The third-order valence-corrected chi connectivity index (χ3v) is 7.78. The number of ether oxygens (including phenoxy) is 1. The topological polar surface area (TPSA) is 107 Å². The van der Waals surface area contributed by atoms with Crippen LogP contribution in [0.2, 0.25) is 0 Å². The lowest BCUT2D eigenvalue weighted by molar-refractivity contribution is -0.142. The Morgan fingerprint density at radius 2 is 1.86 bits per heavy atom. The van der Waals surface area contributed by atoms with E-state index in [1.54, 1.807) is 12.1 Å². The van der Waals surface area contributed by atoms with Gasteiger partial charge < -0.3 is 9.64 Å². The Labute approximate surface area is 209 Å². The van der Waals surface area contributed by atoms with Crippen LogP contribution in [-0.2, 0) is 19.6 Å². The number of anilines is 1.